The summed E-state index contributed by atoms with van der Waals surface area (Å²) in [4.78, 5) is 11.8. The van der Waals surface area contributed by atoms with E-state index < -0.39 is 0 Å². The molecule has 0 heterocycles. The Morgan fingerprint density at radius 3 is 2.69 bits per heavy atom. The molecule has 0 amide bonds. The summed E-state index contributed by atoms with van der Waals surface area (Å²) in [5.74, 6) is 0.511. The van der Waals surface area contributed by atoms with Gasteiger partial charge in [-0.15, -0.1) is 0 Å². The highest BCUT2D eigenvalue weighted by Crippen LogP contribution is 2.16. The van der Waals surface area contributed by atoms with Crippen LogP contribution in [0.5, 0.6) is 5.75 Å². The number of esters is 1. The van der Waals surface area contributed by atoms with Gasteiger partial charge in [0, 0.05) is 5.69 Å². The Balaban J connectivity index is 1.85. The van der Waals surface area contributed by atoms with Gasteiger partial charge < -0.3 is 20.1 Å². The van der Waals surface area contributed by atoms with E-state index in [2.05, 4.69) is 10.6 Å². The van der Waals surface area contributed by atoms with E-state index in [9.17, 15) is 4.79 Å². The molecule has 0 aliphatic rings. The quantitative estimate of drug-likeness (QED) is 0.567. The summed E-state index contributed by atoms with van der Waals surface area (Å²) in [5.41, 5.74) is 2.30. The summed E-state index contributed by atoms with van der Waals surface area (Å²) in [6, 6.07) is 14.9. The molecule has 5 nitrogen and oxygen atoms in total. The lowest BCUT2D eigenvalue weighted by Crippen LogP contribution is -2.39. The second-order valence-electron chi connectivity index (χ2n) is 5.88. The van der Waals surface area contributed by atoms with Crippen LogP contribution >= 0.6 is 12.2 Å². The molecule has 0 aromatic heterocycles. The Bertz CT molecular complexity index is 764. The van der Waals surface area contributed by atoms with Crippen LogP contribution < -0.4 is 15.4 Å². The van der Waals surface area contributed by atoms with E-state index in [0.717, 1.165) is 17.0 Å². The van der Waals surface area contributed by atoms with Crippen LogP contribution in [0.3, 0.4) is 0 Å². The van der Waals surface area contributed by atoms with Gasteiger partial charge in [0.15, 0.2) is 5.11 Å². The van der Waals surface area contributed by atoms with E-state index in [1.807, 2.05) is 44.2 Å². The second-order valence-corrected chi connectivity index (χ2v) is 6.29. The third kappa shape index (κ3) is 6.04. The minimum absolute atomic E-state index is 0.0165. The van der Waals surface area contributed by atoms with Gasteiger partial charge in [0.05, 0.1) is 18.2 Å². The molecule has 0 spiro atoms. The maximum absolute atomic E-state index is 11.8. The predicted octanol–water partition coefficient (Wildman–Crippen LogP) is 3.93. The van der Waals surface area contributed by atoms with E-state index in [1.165, 1.54) is 0 Å². The largest absolute Gasteiger partial charge is 0.491 e. The summed E-state index contributed by atoms with van der Waals surface area (Å²) >= 11 is 5.34. The first-order valence-corrected chi connectivity index (χ1v) is 8.93. The van der Waals surface area contributed by atoms with Crippen LogP contribution in [0, 0.1) is 6.92 Å². The van der Waals surface area contributed by atoms with Gasteiger partial charge in [-0.3, -0.25) is 0 Å². The molecule has 0 bridgehead atoms. The van der Waals surface area contributed by atoms with E-state index in [-0.39, 0.29) is 12.0 Å². The number of aryl methyl sites for hydroxylation is 1. The molecule has 2 aromatic rings. The summed E-state index contributed by atoms with van der Waals surface area (Å²) in [5, 5.41) is 6.71. The van der Waals surface area contributed by atoms with Crippen molar-refractivity contribution in [1.29, 1.82) is 0 Å². The normalized spacial score (nSPS) is 11.3. The number of benzene rings is 2. The minimum atomic E-state index is -0.352. The molecule has 0 fully saturated rings. The van der Waals surface area contributed by atoms with Crippen LogP contribution in [-0.4, -0.2) is 30.3 Å². The molecule has 0 unspecified atom stereocenters. The smallest absolute Gasteiger partial charge is 0.338 e. The highest BCUT2D eigenvalue weighted by atomic mass is 32.1. The molecule has 1 atom stereocenters. The molecule has 0 aliphatic carbocycles. The Labute approximate surface area is 159 Å². The monoisotopic (exact) mass is 372 g/mol. The van der Waals surface area contributed by atoms with E-state index in [0.29, 0.717) is 23.9 Å². The summed E-state index contributed by atoms with van der Waals surface area (Å²) in [7, 11) is 0. The van der Waals surface area contributed by atoms with Gasteiger partial charge in [-0.05, 0) is 62.8 Å². The van der Waals surface area contributed by atoms with Gasteiger partial charge >= 0.3 is 5.97 Å². The van der Waals surface area contributed by atoms with Crippen molar-refractivity contribution in [1.82, 2.24) is 5.32 Å². The molecular weight excluding hydrogens is 348 g/mol. The first-order valence-electron chi connectivity index (χ1n) is 8.52. The Morgan fingerprint density at radius 2 is 1.96 bits per heavy atom. The summed E-state index contributed by atoms with van der Waals surface area (Å²) in [6.45, 7) is 6.60. The van der Waals surface area contributed by atoms with Gasteiger partial charge in [0.1, 0.15) is 12.4 Å². The number of carbonyl (C=O) groups is 1. The van der Waals surface area contributed by atoms with E-state index in [4.69, 9.17) is 21.7 Å². The molecular formula is C20H24N2O3S. The summed E-state index contributed by atoms with van der Waals surface area (Å²) < 4.78 is 10.8. The molecule has 138 valence electrons. The van der Waals surface area contributed by atoms with Crippen LogP contribution in [0.25, 0.3) is 0 Å². The predicted molar refractivity (Wildman–Crippen MR) is 108 cm³/mol. The Morgan fingerprint density at radius 1 is 1.19 bits per heavy atom. The lowest BCUT2D eigenvalue weighted by atomic mass is 10.2. The molecule has 2 rings (SSSR count). The number of hydrogen-bond donors (Lipinski definition) is 2. The van der Waals surface area contributed by atoms with E-state index >= 15 is 0 Å². The number of para-hydroxylation sites is 1. The molecule has 0 saturated heterocycles. The number of anilines is 1. The first kappa shape index (κ1) is 19.7. The van der Waals surface area contributed by atoms with Crippen molar-refractivity contribution in [2.24, 2.45) is 0 Å². The number of ether oxygens (including phenoxy) is 2. The van der Waals surface area contributed by atoms with Crippen LogP contribution in [0.15, 0.2) is 48.5 Å². The van der Waals surface area contributed by atoms with Crippen molar-refractivity contribution >= 4 is 29.0 Å². The maximum Gasteiger partial charge on any atom is 0.338 e. The van der Waals surface area contributed by atoms with Crippen molar-refractivity contribution < 1.29 is 14.3 Å². The number of rotatable bonds is 7. The van der Waals surface area contributed by atoms with Crippen LogP contribution in [-0.2, 0) is 4.74 Å². The molecule has 2 N–H and O–H groups in total. The van der Waals surface area contributed by atoms with Gasteiger partial charge in [-0.1, -0.05) is 24.3 Å². The van der Waals surface area contributed by atoms with Gasteiger partial charge in [-0.25, -0.2) is 4.79 Å². The molecule has 0 aliphatic heterocycles. The van der Waals surface area contributed by atoms with Crippen LogP contribution in [0.4, 0.5) is 5.69 Å². The zero-order valence-electron chi connectivity index (χ0n) is 15.2. The zero-order valence-corrected chi connectivity index (χ0v) is 16.1. The third-order valence-corrected chi connectivity index (χ3v) is 3.81. The average molecular weight is 372 g/mol. The molecule has 0 radical (unpaired) electrons. The highest BCUT2D eigenvalue weighted by molar-refractivity contribution is 7.80. The highest BCUT2D eigenvalue weighted by Gasteiger charge is 2.09. The van der Waals surface area contributed by atoms with Crippen molar-refractivity contribution in [2.45, 2.75) is 26.8 Å². The van der Waals surface area contributed by atoms with Gasteiger partial charge in [-0.2, -0.15) is 0 Å². The van der Waals surface area contributed by atoms with Gasteiger partial charge in [0.25, 0.3) is 0 Å². The lowest BCUT2D eigenvalue weighted by Gasteiger charge is -2.18. The number of thiocarbonyl (C=S) groups is 1. The Hall–Kier alpha value is -2.60. The lowest BCUT2D eigenvalue weighted by molar-refractivity contribution is 0.0526. The molecule has 0 saturated carbocycles. The standard InChI is InChI=1S/C20H24N2O3S/c1-4-24-19(23)16-9-7-10-17(12-16)22-20(26)21-15(3)13-25-18-11-6-5-8-14(18)2/h5-12,15H,4,13H2,1-3H3,(H2,21,22,26)/t15-/m0/s1. The fourth-order valence-corrected chi connectivity index (χ4v) is 2.62. The van der Waals surface area contributed by atoms with Gasteiger partial charge in [0.2, 0.25) is 0 Å². The first-order chi connectivity index (χ1) is 12.5. The fourth-order valence-electron chi connectivity index (χ4n) is 2.30. The topological polar surface area (TPSA) is 59.6 Å². The zero-order chi connectivity index (χ0) is 18.9. The number of nitrogens with one attached hydrogen (secondary N) is 2. The molecule has 26 heavy (non-hydrogen) atoms. The molecule has 6 heteroatoms. The fraction of sp³-hybridized carbons (Fsp3) is 0.300. The van der Waals surface area contributed by atoms with E-state index in [1.54, 1.807) is 25.1 Å². The SMILES string of the molecule is CCOC(=O)c1cccc(NC(=S)N[C@@H](C)COc2ccccc2C)c1. The number of carbonyl (C=O) groups excluding carboxylic acids is 1. The Kier molecular flexibility index (Phi) is 7.41. The van der Waals surface area contributed by atoms with Crippen molar-refractivity contribution in [3.63, 3.8) is 0 Å². The van der Waals surface area contributed by atoms with Crippen LogP contribution in [0.2, 0.25) is 0 Å². The average Bonchev–Trinajstić information content (AvgIpc) is 2.61. The maximum atomic E-state index is 11.8. The summed E-state index contributed by atoms with van der Waals surface area (Å²) in [6.07, 6.45) is 0. The minimum Gasteiger partial charge on any atom is -0.491 e. The van der Waals surface area contributed by atoms with Crippen molar-refractivity contribution in [2.75, 3.05) is 18.5 Å². The van der Waals surface area contributed by atoms with Crippen molar-refractivity contribution in [3.05, 3.63) is 59.7 Å². The third-order valence-electron chi connectivity index (χ3n) is 3.59. The number of hydrogen-bond acceptors (Lipinski definition) is 4. The second kappa shape index (κ2) is 9.77. The van der Waals surface area contributed by atoms with Crippen molar-refractivity contribution in [3.8, 4) is 5.75 Å². The molecule has 2 aromatic carbocycles. The van der Waals surface area contributed by atoms with Crippen LogP contribution in [0.1, 0.15) is 29.8 Å².